The van der Waals surface area contributed by atoms with E-state index in [1.165, 1.54) is 0 Å². The Morgan fingerprint density at radius 2 is 1.48 bits per heavy atom. The van der Waals surface area contributed by atoms with Gasteiger partial charge in [-0.2, -0.15) is 0 Å². The van der Waals surface area contributed by atoms with Crippen molar-refractivity contribution in [2.45, 2.75) is 19.0 Å². The minimum absolute atomic E-state index is 0.171. The van der Waals surface area contributed by atoms with E-state index in [2.05, 4.69) is 26.6 Å². The first-order valence-electron chi connectivity index (χ1n) is 7.40. The fraction of sp³-hybridized carbons (Fsp3) is 0.222. The summed E-state index contributed by atoms with van der Waals surface area (Å²) in [5, 5.41) is 5.80. The predicted molar refractivity (Wildman–Crippen MR) is 94.2 cm³/mol. The number of hydrogen-bond donors (Lipinski definition) is 2. The van der Waals surface area contributed by atoms with Crippen molar-refractivity contribution in [3.8, 4) is 0 Å². The van der Waals surface area contributed by atoms with E-state index < -0.39 is 6.04 Å². The Morgan fingerprint density at radius 3 is 2.04 bits per heavy atom. The van der Waals surface area contributed by atoms with Gasteiger partial charge in [-0.15, -0.1) is 0 Å². The number of alkyl halides is 1. The van der Waals surface area contributed by atoms with Gasteiger partial charge in [-0.3, -0.25) is 9.59 Å². The zero-order valence-electron chi connectivity index (χ0n) is 12.7. The number of rotatable bonds is 7. The maximum atomic E-state index is 12.4. The Morgan fingerprint density at radius 1 is 0.913 bits per heavy atom. The van der Waals surface area contributed by atoms with Gasteiger partial charge < -0.3 is 10.6 Å². The molecule has 0 bridgehead atoms. The SMILES string of the molecule is O=C(CBr)N[C@@H](Cc1ccccc1)C(=O)NCc1ccccc1. The lowest BCUT2D eigenvalue weighted by Gasteiger charge is -2.18. The molecule has 0 heterocycles. The molecule has 0 aromatic heterocycles. The van der Waals surface area contributed by atoms with Crippen LogP contribution in [0.15, 0.2) is 60.7 Å². The first-order valence-corrected chi connectivity index (χ1v) is 8.52. The van der Waals surface area contributed by atoms with Gasteiger partial charge in [0.1, 0.15) is 6.04 Å². The van der Waals surface area contributed by atoms with Crippen LogP contribution in [0.4, 0.5) is 0 Å². The molecule has 2 N–H and O–H groups in total. The van der Waals surface area contributed by atoms with Crippen LogP contribution in [-0.4, -0.2) is 23.2 Å². The Balaban J connectivity index is 2.00. The molecule has 2 rings (SSSR count). The molecule has 0 fully saturated rings. The fourth-order valence-corrected chi connectivity index (χ4v) is 2.36. The van der Waals surface area contributed by atoms with Crippen molar-refractivity contribution in [2.75, 3.05) is 5.33 Å². The molecule has 2 amide bonds. The molecular formula is C18H19BrN2O2. The molecule has 23 heavy (non-hydrogen) atoms. The van der Waals surface area contributed by atoms with Crippen LogP contribution in [0.2, 0.25) is 0 Å². The van der Waals surface area contributed by atoms with Crippen LogP contribution in [0.3, 0.4) is 0 Å². The minimum atomic E-state index is -0.592. The Hall–Kier alpha value is -2.14. The number of hydrogen-bond acceptors (Lipinski definition) is 2. The van der Waals surface area contributed by atoms with Crippen molar-refractivity contribution in [1.82, 2.24) is 10.6 Å². The highest BCUT2D eigenvalue weighted by Crippen LogP contribution is 2.05. The molecule has 0 saturated carbocycles. The van der Waals surface area contributed by atoms with Crippen LogP contribution in [0.25, 0.3) is 0 Å². The Bertz CT molecular complexity index is 632. The summed E-state index contributed by atoms with van der Waals surface area (Å²) in [5.74, 6) is -0.396. The maximum absolute atomic E-state index is 12.4. The summed E-state index contributed by atoms with van der Waals surface area (Å²) in [6.45, 7) is 0.440. The zero-order chi connectivity index (χ0) is 16.5. The van der Waals surface area contributed by atoms with Crippen LogP contribution >= 0.6 is 15.9 Å². The summed E-state index contributed by atoms with van der Waals surface area (Å²) in [5.41, 5.74) is 2.02. The van der Waals surface area contributed by atoms with Crippen molar-refractivity contribution in [1.29, 1.82) is 0 Å². The average molecular weight is 375 g/mol. The van der Waals surface area contributed by atoms with Gasteiger partial charge in [0, 0.05) is 13.0 Å². The van der Waals surface area contributed by atoms with Crippen LogP contribution in [-0.2, 0) is 22.6 Å². The third-order valence-corrected chi connectivity index (χ3v) is 3.87. The van der Waals surface area contributed by atoms with Gasteiger partial charge in [-0.1, -0.05) is 76.6 Å². The van der Waals surface area contributed by atoms with Gasteiger partial charge in [-0.05, 0) is 11.1 Å². The third-order valence-electron chi connectivity index (χ3n) is 3.37. The van der Waals surface area contributed by atoms with Gasteiger partial charge in [0.2, 0.25) is 11.8 Å². The van der Waals surface area contributed by atoms with Crippen LogP contribution in [0.5, 0.6) is 0 Å². The monoisotopic (exact) mass is 374 g/mol. The molecule has 0 unspecified atom stereocenters. The third kappa shape index (κ3) is 5.87. The summed E-state index contributed by atoms with van der Waals surface area (Å²) >= 11 is 3.11. The van der Waals surface area contributed by atoms with Crippen LogP contribution in [0, 0.1) is 0 Å². The second kappa shape index (κ2) is 9.10. The van der Waals surface area contributed by atoms with Gasteiger partial charge in [-0.25, -0.2) is 0 Å². The van der Waals surface area contributed by atoms with E-state index in [0.29, 0.717) is 13.0 Å². The molecule has 4 nitrogen and oxygen atoms in total. The topological polar surface area (TPSA) is 58.2 Å². The molecule has 0 aliphatic carbocycles. The first kappa shape index (κ1) is 17.2. The van der Waals surface area contributed by atoms with Crippen LogP contribution < -0.4 is 10.6 Å². The van der Waals surface area contributed by atoms with E-state index in [-0.39, 0.29) is 17.1 Å². The predicted octanol–water partition coefficient (Wildman–Crippen LogP) is 2.43. The van der Waals surface area contributed by atoms with Crippen molar-refractivity contribution in [3.05, 3.63) is 71.8 Å². The highest BCUT2D eigenvalue weighted by Gasteiger charge is 2.20. The van der Waals surface area contributed by atoms with E-state index in [4.69, 9.17) is 0 Å². The highest BCUT2D eigenvalue weighted by molar-refractivity contribution is 9.09. The molecule has 0 aliphatic heterocycles. The normalized spacial score (nSPS) is 11.5. The molecule has 0 saturated heterocycles. The van der Waals surface area contributed by atoms with Gasteiger partial charge >= 0.3 is 0 Å². The summed E-state index contributed by atoms with van der Waals surface area (Å²) in [6.07, 6.45) is 0.459. The number of nitrogens with one attached hydrogen (secondary N) is 2. The Kier molecular flexibility index (Phi) is 6.81. The lowest BCUT2D eigenvalue weighted by Crippen LogP contribution is -2.48. The largest absolute Gasteiger partial charge is 0.350 e. The fourth-order valence-electron chi connectivity index (χ4n) is 2.20. The lowest BCUT2D eigenvalue weighted by atomic mass is 10.1. The molecule has 2 aromatic carbocycles. The van der Waals surface area contributed by atoms with Crippen LogP contribution in [0.1, 0.15) is 11.1 Å². The summed E-state index contributed by atoms with van der Waals surface area (Å²) < 4.78 is 0. The van der Waals surface area contributed by atoms with E-state index >= 15 is 0 Å². The molecule has 0 aliphatic rings. The molecule has 0 radical (unpaired) electrons. The summed E-state index contributed by atoms with van der Waals surface area (Å²) in [4.78, 5) is 24.1. The van der Waals surface area contributed by atoms with Crippen molar-refractivity contribution in [3.63, 3.8) is 0 Å². The number of halogens is 1. The van der Waals surface area contributed by atoms with E-state index in [0.717, 1.165) is 11.1 Å². The van der Waals surface area contributed by atoms with E-state index in [1.54, 1.807) is 0 Å². The molecule has 5 heteroatoms. The minimum Gasteiger partial charge on any atom is -0.350 e. The average Bonchev–Trinajstić information content (AvgIpc) is 2.60. The molecule has 1 atom stereocenters. The van der Waals surface area contributed by atoms with Gasteiger partial charge in [0.15, 0.2) is 0 Å². The molecule has 2 aromatic rings. The zero-order valence-corrected chi connectivity index (χ0v) is 14.3. The summed E-state index contributed by atoms with van der Waals surface area (Å²) in [7, 11) is 0. The van der Waals surface area contributed by atoms with Crippen molar-refractivity contribution >= 4 is 27.7 Å². The number of carbonyl (C=O) groups excluding carboxylic acids is 2. The van der Waals surface area contributed by atoms with Crippen molar-refractivity contribution < 1.29 is 9.59 Å². The number of amides is 2. The second-order valence-corrected chi connectivity index (χ2v) is 5.71. The standard InChI is InChI=1S/C18H19BrN2O2/c19-12-17(22)21-16(11-14-7-3-1-4-8-14)18(23)20-13-15-9-5-2-6-10-15/h1-10,16H,11-13H2,(H,20,23)(H,21,22)/t16-/m0/s1. The van der Waals surface area contributed by atoms with E-state index in [9.17, 15) is 9.59 Å². The highest BCUT2D eigenvalue weighted by atomic mass is 79.9. The quantitative estimate of drug-likeness (QED) is 0.731. The van der Waals surface area contributed by atoms with Gasteiger partial charge in [0.05, 0.1) is 5.33 Å². The van der Waals surface area contributed by atoms with Crippen molar-refractivity contribution in [2.24, 2.45) is 0 Å². The van der Waals surface area contributed by atoms with E-state index in [1.807, 2.05) is 60.7 Å². The molecule has 120 valence electrons. The smallest absolute Gasteiger partial charge is 0.243 e. The second-order valence-electron chi connectivity index (χ2n) is 5.15. The maximum Gasteiger partial charge on any atom is 0.243 e. The molecular weight excluding hydrogens is 356 g/mol. The molecule has 0 spiro atoms. The number of carbonyl (C=O) groups is 2. The summed E-state index contributed by atoms with van der Waals surface area (Å²) in [6, 6.07) is 18.7. The van der Waals surface area contributed by atoms with Gasteiger partial charge in [0.25, 0.3) is 0 Å². The lowest BCUT2D eigenvalue weighted by molar-refractivity contribution is -0.127. The first-order chi connectivity index (χ1) is 11.2. The Labute approximate surface area is 144 Å². The number of benzene rings is 2.